The van der Waals surface area contributed by atoms with Crippen molar-refractivity contribution in [3.8, 4) is 0 Å². The van der Waals surface area contributed by atoms with E-state index in [-0.39, 0.29) is 30.6 Å². The largest absolute Gasteiger partial charge is 0.394 e. The van der Waals surface area contributed by atoms with Crippen molar-refractivity contribution < 1.29 is 19.7 Å². The van der Waals surface area contributed by atoms with Crippen molar-refractivity contribution in [2.24, 2.45) is 5.92 Å². The van der Waals surface area contributed by atoms with E-state index in [1.807, 2.05) is 0 Å². The van der Waals surface area contributed by atoms with E-state index in [1.54, 1.807) is 13.8 Å². The molecule has 0 aromatic rings. The van der Waals surface area contributed by atoms with Gasteiger partial charge in [0.15, 0.2) is 0 Å². The Morgan fingerprint density at radius 2 is 2.07 bits per heavy atom. The van der Waals surface area contributed by atoms with Gasteiger partial charge in [-0.25, -0.2) is 0 Å². The number of hydrogen-bond acceptors (Lipinski definition) is 4. The van der Waals surface area contributed by atoms with Gasteiger partial charge < -0.3 is 20.3 Å². The summed E-state index contributed by atoms with van der Waals surface area (Å²) in [5, 5.41) is 21.7. The molecule has 1 fully saturated rings. The maximum absolute atomic E-state index is 10.9. The molecule has 1 aliphatic rings. The predicted molar refractivity (Wildman–Crippen MR) is 54.2 cm³/mol. The molecule has 0 saturated carbocycles. The predicted octanol–water partition coefficient (Wildman–Crippen LogP) is -0.732. The van der Waals surface area contributed by atoms with Crippen molar-refractivity contribution in [2.75, 3.05) is 6.61 Å². The van der Waals surface area contributed by atoms with Crippen molar-refractivity contribution in [3.63, 3.8) is 0 Å². The standard InChI is InChI=1S/C10H19NO4/c1-5-8(4-12)15-6(2)9(10(5)14)11-7(3)13/h5-6,8-10,12,14H,4H2,1-3H3,(H,11,13)/t5-,6+,8-,9+,10-/m1/s1. The van der Waals surface area contributed by atoms with E-state index in [2.05, 4.69) is 5.32 Å². The Morgan fingerprint density at radius 1 is 1.47 bits per heavy atom. The lowest BCUT2D eigenvalue weighted by Gasteiger charge is -2.42. The highest BCUT2D eigenvalue weighted by molar-refractivity contribution is 5.73. The third-order valence-corrected chi connectivity index (χ3v) is 2.94. The molecule has 0 bridgehead atoms. The second-order valence-electron chi connectivity index (χ2n) is 4.14. The third-order valence-electron chi connectivity index (χ3n) is 2.94. The summed E-state index contributed by atoms with van der Waals surface area (Å²) in [6, 6.07) is -0.403. The van der Waals surface area contributed by atoms with E-state index in [9.17, 15) is 9.90 Å². The van der Waals surface area contributed by atoms with E-state index < -0.39 is 12.1 Å². The van der Waals surface area contributed by atoms with Crippen molar-refractivity contribution in [2.45, 2.75) is 45.1 Å². The molecule has 1 amide bonds. The number of carbonyl (C=O) groups is 1. The summed E-state index contributed by atoms with van der Waals surface area (Å²) < 4.78 is 5.51. The molecule has 1 saturated heterocycles. The van der Waals surface area contributed by atoms with Crippen LogP contribution < -0.4 is 5.32 Å². The number of rotatable bonds is 2. The highest BCUT2D eigenvalue weighted by Gasteiger charge is 2.40. The first-order chi connectivity index (χ1) is 6.97. The van der Waals surface area contributed by atoms with Crippen LogP contribution in [-0.4, -0.2) is 47.1 Å². The van der Waals surface area contributed by atoms with Crippen LogP contribution in [0.3, 0.4) is 0 Å². The lowest BCUT2D eigenvalue weighted by atomic mass is 9.87. The molecule has 1 heterocycles. The lowest BCUT2D eigenvalue weighted by Crippen LogP contribution is -2.60. The van der Waals surface area contributed by atoms with E-state index >= 15 is 0 Å². The monoisotopic (exact) mass is 217 g/mol. The van der Waals surface area contributed by atoms with Crippen LogP contribution in [0.15, 0.2) is 0 Å². The maximum atomic E-state index is 10.9. The topological polar surface area (TPSA) is 78.8 Å². The zero-order valence-corrected chi connectivity index (χ0v) is 9.30. The summed E-state index contributed by atoms with van der Waals surface area (Å²) in [6.45, 7) is 4.86. The van der Waals surface area contributed by atoms with E-state index in [1.165, 1.54) is 6.92 Å². The van der Waals surface area contributed by atoms with E-state index in [0.717, 1.165) is 0 Å². The molecule has 1 rings (SSSR count). The fourth-order valence-corrected chi connectivity index (χ4v) is 1.96. The number of nitrogens with one attached hydrogen (secondary N) is 1. The molecule has 0 radical (unpaired) electrons. The smallest absolute Gasteiger partial charge is 0.217 e. The van der Waals surface area contributed by atoms with Crippen LogP contribution in [0.25, 0.3) is 0 Å². The average Bonchev–Trinajstić information content (AvgIpc) is 2.18. The van der Waals surface area contributed by atoms with Crippen LogP contribution in [0.5, 0.6) is 0 Å². The number of ether oxygens (including phenoxy) is 1. The fourth-order valence-electron chi connectivity index (χ4n) is 1.96. The molecule has 0 aromatic heterocycles. The molecule has 0 aliphatic carbocycles. The van der Waals surface area contributed by atoms with Gasteiger partial charge in [0.2, 0.25) is 5.91 Å². The van der Waals surface area contributed by atoms with Gasteiger partial charge in [0, 0.05) is 12.8 Å². The molecule has 5 nitrogen and oxygen atoms in total. The van der Waals surface area contributed by atoms with Crippen molar-refractivity contribution in [3.05, 3.63) is 0 Å². The van der Waals surface area contributed by atoms with Crippen LogP contribution in [0, 0.1) is 5.92 Å². The second-order valence-corrected chi connectivity index (χ2v) is 4.14. The molecule has 15 heavy (non-hydrogen) atoms. The quantitative estimate of drug-likeness (QED) is 0.569. The summed E-state index contributed by atoms with van der Waals surface area (Å²) in [5.41, 5.74) is 0. The summed E-state index contributed by atoms with van der Waals surface area (Å²) in [7, 11) is 0. The van der Waals surface area contributed by atoms with Gasteiger partial charge in [0.05, 0.1) is 31.0 Å². The number of hydrogen-bond donors (Lipinski definition) is 3. The number of amides is 1. The Balaban J connectivity index is 2.70. The molecule has 1 aliphatic heterocycles. The highest BCUT2D eigenvalue weighted by atomic mass is 16.5. The molecule has 5 atom stereocenters. The Kier molecular flexibility index (Phi) is 4.07. The molecular weight excluding hydrogens is 198 g/mol. The SMILES string of the molecule is CC(=O)N[C@@H]1[C@H](O)[C@H](C)[C@@H](CO)O[C@H]1C. The van der Waals surface area contributed by atoms with E-state index in [4.69, 9.17) is 9.84 Å². The lowest BCUT2D eigenvalue weighted by molar-refractivity contribution is -0.160. The first kappa shape index (κ1) is 12.4. The van der Waals surface area contributed by atoms with Gasteiger partial charge in [-0.05, 0) is 6.92 Å². The Bertz CT molecular complexity index is 233. The zero-order valence-electron chi connectivity index (χ0n) is 9.30. The van der Waals surface area contributed by atoms with Gasteiger partial charge >= 0.3 is 0 Å². The van der Waals surface area contributed by atoms with Gasteiger partial charge in [-0.3, -0.25) is 4.79 Å². The van der Waals surface area contributed by atoms with Gasteiger partial charge in [-0.2, -0.15) is 0 Å². The molecule has 5 heteroatoms. The Labute approximate surface area is 89.4 Å². The van der Waals surface area contributed by atoms with Gasteiger partial charge in [-0.1, -0.05) is 6.92 Å². The Morgan fingerprint density at radius 3 is 2.53 bits per heavy atom. The van der Waals surface area contributed by atoms with Crippen molar-refractivity contribution in [1.82, 2.24) is 5.32 Å². The number of carbonyl (C=O) groups excluding carboxylic acids is 1. The zero-order chi connectivity index (χ0) is 11.6. The minimum atomic E-state index is -0.685. The normalized spacial score (nSPS) is 41.3. The first-order valence-corrected chi connectivity index (χ1v) is 5.18. The Hall–Kier alpha value is -0.650. The van der Waals surface area contributed by atoms with Gasteiger partial charge in [0.1, 0.15) is 0 Å². The number of aliphatic hydroxyl groups excluding tert-OH is 2. The van der Waals surface area contributed by atoms with Crippen LogP contribution in [0.2, 0.25) is 0 Å². The summed E-state index contributed by atoms with van der Waals surface area (Å²) in [6.07, 6.45) is -1.34. The molecule has 0 aromatic carbocycles. The number of aliphatic hydroxyl groups is 2. The third kappa shape index (κ3) is 2.68. The van der Waals surface area contributed by atoms with Crippen LogP contribution in [-0.2, 0) is 9.53 Å². The summed E-state index contributed by atoms with van der Waals surface area (Å²) in [5.74, 6) is -0.382. The van der Waals surface area contributed by atoms with Crippen molar-refractivity contribution in [1.29, 1.82) is 0 Å². The van der Waals surface area contributed by atoms with Gasteiger partial charge in [0.25, 0.3) is 0 Å². The minimum absolute atomic E-state index is 0.116. The van der Waals surface area contributed by atoms with Crippen molar-refractivity contribution >= 4 is 5.91 Å². The molecule has 88 valence electrons. The molecule has 3 N–H and O–H groups in total. The highest BCUT2D eigenvalue weighted by Crippen LogP contribution is 2.25. The second kappa shape index (κ2) is 4.92. The maximum Gasteiger partial charge on any atom is 0.217 e. The summed E-state index contributed by atoms with van der Waals surface area (Å²) in [4.78, 5) is 10.9. The molecule has 0 unspecified atom stereocenters. The van der Waals surface area contributed by atoms with E-state index in [0.29, 0.717) is 0 Å². The first-order valence-electron chi connectivity index (χ1n) is 5.18. The van der Waals surface area contributed by atoms with Crippen LogP contribution in [0.4, 0.5) is 0 Å². The minimum Gasteiger partial charge on any atom is -0.394 e. The summed E-state index contributed by atoms with van der Waals surface area (Å²) >= 11 is 0. The molecular formula is C10H19NO4. The van der Waals surface area contributed by atoms with Crippen LogP contribution >= 0.6 is 0 Å². The molecule has 0 spiro atoms. The van der Waals surface area contributed by atoms with Crippen LogP contribution in [0.1, 0.15) is 20.8 Å². The van der Waals surface area contributed by atoms with Gasteiger partial charge in [-0.15, -0.1) is 0 Å². The average molecular weight is 217 g/mol. The fraction of sp³-hybridized carbons (Fsp3) is 0.900.